The third-order valence-electron chi connectivity index (χ3n) is 5.06. The molecule has 1 saturated heterocycles. The van der Waals surface area contributed by atoms with Crippen molar-refractivity contribution in [3.63, 3.8) is 0 Å². The number of pyridine rings is 1. The standard InChI is InChI=1S/C18H24N6O/c1-12-19-17-16(23(12)2)18(25)22-14(21-17)9-8-13-6-5-7-15(20-13)24-10-3-4-11-24/h5-7,14,21H,3-4,8-11H2,1-2H3,(H,22,25). The Morgan fingerprint density at radius 1 is 1.20 bits per heavy atom. The van der Waals surface area contributed by atoms with Gasteiger partial charge in [-0.15, -0.1) is 0 Å². The summed E-state index contributed by atoms with van der Waals surface area (Å²) in [6.45, 7) is 4.09. The van der Waals surface area contributed by atoms with E-state index >= 15 is 0 Å². The maximum absolute atomic E-state index is 12.3. The lowest BCUT2D eigenvalue weighted by atomic mass is 10.1. The van der Waals surface area contributed by atoms with Crippen molar-refractivity contribution < 1.29 is 4.79 Å². The molecule has 0 aliphatic carbocycles. The first kappa shape index (κ1) is 15.9. The molecule has 2 aliphatic heterocycles. The fourth-order valence-electron chi connectivity index (χ4n) is 3.56. The lowest BCUT2D eigenvalue weighted by Gasteiger charge is -2.25. The van der Waals surface area contributed by atoms with Gasteiger partial charge in [-0.25, -0.2) is 9.97 Å². The number of imidazole rings is 1. The van der Waals surface area contributed by atoms with Crippen LogP contribution in [0.25, 0.3) is 0 Å². The summed E-state index contributed by atoms with van der Waals surface area (Å²) in [5.74, 6) is 2.50. The summed E-state index contributed by atoms with van der Waals surface area (Å²) in [6.07, 6.45) is 3.95. The Balaban J connectivity index is 1.42. The van der Waals surface area contributed by atoms with Gasteiger partial charge >= 0.3 is 0 Å². The average molecular weight is 340 g/mol. The van der Waals surface area contributed by atoms with Crippen molar-refractivity contribution in [2.75, 3.05) is 23.3 Å². The van der Waals surface area contributed by atoms with Crippen molar-refractivity contribution >= 4 is 17.5 Å². The lowest BCUT2D eigenvalue weighted by Crippen LogP contribution is -2.45. The molecule has 1 amide bonds. The van der Waals surface area contributed by atoms with Crippen LogP contribution in [0.2, 0.25) is 0 Å². The van der Waals surface area contributed by atoms with E-state index in [-0.39, 0.29) is 12.1 Å². The number of carbonyl (C=O) groups is 1. The smallest absolute Gasteiger partial charge is 0.273 e. The third kappa shape index (κ3) is 3.06. The SMILES string of the molecule is Cc1nc2c(n1C)C(=O)NC(CCc1cccc(N3CCCC3)n1)N2. The molecule has 7 nitrogen and oxygen atoms in total. The highest BCUT2D eigenvalue weighted by atomic mass is 16.2. The summed E-state index contributed by atoms with van der Waals surface area (Å²) in [7, 11) is 1.86. The first-order valence-corrected chi connectivity index (χ1v) is 8.93. The molecular formula is C18H24N6O. The third-order valence-corrected chi connectivity index (χ3v) is 5.06. The molecule has 1 fully saturated rings. The number of rotatable bonds is 4. The molecule has 4 rings (SSSR count). The normalized spacial score (nSPS) is 19.5. The van der Waals surface area contributed by atoms with Gasteiger partial charge in [-0.1, -0.05) is 6.07 Å². The highest BCUT2D eigenvalue weighted by molar-refractivity contribution is 5.99. The second kappa shape index (κ2) is 6.38. The van der Waals surface area contributed by atoms with Gasteiger partial charge < -0.3 is 20.1 Å². The van der Waals surface area contributed by atoms with E-state index < -0.39 is 0 Å². The molecule has 1 unspecified atom stereocenters. The second-order valence-corrected chi connectivity index (χ2v) is 6.81. The zero-order valence-electron chi connectivity index (χ0n) is 14.7. The fraction of sp³-hybridized carbons (Fsp3) is 0.500. The number of aromatic nitrogens is 3. The van der Waals surface area contributed by atoms with Gasteiger partial charge in [0.15, 0.2) is 11.5 Å². The van der Waals surface area contributed by atoms with Crippen molar-refractivity contribution in [2.45, 2.75) is 38.8 Å². The van der Waals surface area contributed by atoms with Gasteiger partial charge in [0.05, 0.1) is 0 Å². The Kier molecular flexibility index (Phi) is 4.07. The minimum atomic E-state index is -0.119. The van der Waals surface area contributed by atoms with Crippen molar-refractivity contribution in [2.24, 2.45) is 7.05 Å². The lowest BCUT2D eigenvalue weighted by molar-refractivity contribution is 0.0925. The van der Waals surface area contributed by atoms with E-state index in [2.05, 4.69) is 38.7 Å². The number of aryl methyl sites for hydroxylation is 2. The maximum Gasteiger partial charge on any atom is 0.273 e. The summed E-state index contributed by atoms with van der Waals surface area (Å²) in [4.78, 5) is 23.9. The summed E-state index contributed by atoms with van der Waals surface area (Å²) in [5, 5.41) is 6.34. The molecule has 4 heterocycles. The zero-order valence-corrected chi connectivity index (χ0v) is 14.7. The number of anilines is 2. The molecule has 7 heteroatoms. The minimum Gasteiger partial charge on any atom is -0.357 e. The molecule has 0 aromatic carbocycles. The van der Waals surface area contributed by atoms with Gasteiger partial charge in [0.2, 0.25) is 0 Å². The molecule has 0 radical (unpaired) electrons. The molecule has 1 atom stereocenters. The van der Waals surface area contributed by atoms with E-state index in [1.165, 1.54) is 12.8 Å². The van der Waals surface area contributed by atoms with Crippen LogP contribution in [0.15, 0.2) is 18.2 Å². The van der Waals surface area contributed by atoms with Gasteiger partial charge in [0, 0.05) is 25.8 Å². The maximum atomic E-state index is 12.3. The Morgan fingerprint density at radius 2 is 2.00 bits per heavy atom. The Morgan fingerprint density at radius 3 is 2.80 bits per heavy atom. The highest BCUT2D eigenvalue weighted by Crippen LogP contribution is 2.22. The number of carbonyl (C=O) groups excluding carboxylic acids is 1. The van der Waals surface area contributed by atoms with Crippen LogP contribution in [0.5, 0.6) is 0 Å². The van der Waals surface area contributed by atoms with Gasteiger partial charge in [-0.05, 0) is 44.7 Å². The molecule has 0 bridgehead atoms. The minimum absolute atomic E-state index is 0.0689. The van der Waals surface area contributed by atoms with Crippen LogP contribution in [0, 0.1) is 6.92 Å². The van der Waals surface area contributed by atoms with Gasteiger partial charge in [0.25, 0.3) is 5.91 Å². The van der Waals surface area contributed by atoms with Crippen LogP contribution in [-0.2, 0) is 13.5 Å². The number of nitrogens with one attached hydrogen (secondary N) is 2. The predicted molar refractivity (Wildman–Crippen MR) is 96.8 cm³/mol. The zero-order chi connectivity index (χ0) is 17.4. The van der Waals surface area contributed by atoms with Crippen LogP contribution in [0.4, 0.5) is 11.6 Å². The average Bonchev–Trinajstić information content (AvgIpc) is 3.23. The molecule has 0 saturated carbocycles. The largest absolute Gasteiger partial charge is 0.357 e. The van der Waals surface area contributed by atoms with Gasteiger partial charge in [-0.3, -0.25) is 4.79 Å². The van der Waals surface area contributed by atoms with Crippen LogP contribution in [0.1, 0.15) is 41.3 Å². The van der Waals surface area contributed by atoms with E-state index in [9.17, 15) is 4.79 Å². The summed E-state index contributed by atoms with van der Waals surface area (Å²) >= 11 is 0. The van der Waals surface area contributed by atoms with Gasteiger partial charge in [-0.2, -0.15) is 0 Å². The molecule has 2 aromatic heterocycles. The molecule has 2 N–H and O–H groups in total. The van der Waals surface area contributed by atoms with E-state index in [0.717, 1.165) is 43.3 Å². The molecule has 0 spiro atoms. The number of fused-ring (bicyclic) bond motifs is 1. The molecule has 2 aliphatic rings. The quantitative estimate of drug-likeness (QED) is 0.888. The van der Waals surface area contributed by atoms with Crippen LogP contribution < -0.4 is 15.5 Å². The van der Waals surface area contributed by atoms with Crippen LogP contribution in [-0.4, -0.2) is 39.7 Å². The predicted octanol–water partition coefficient (Wildman–Crippen LogP) is 1.84. The van der Waals surface area contributed by atoms with Gasteiger partial charge in [0.1, 0.15) is 17.8 Å². The topological polar surface area (TPSA) is 75.1 Å². The van der Waals surface area contributed by atoms with E-state index in [0.29, 0.717) is 11.5 Å². The first-order valence-electron chi connectivity index (χ1n) is 8.93. The number of amides is 1. The Labute approximate surface area is 147 Å². The molecule has 132 valence electrons. The highest BCUT2D eigenvalue weighted by Gasteiger charge is 2.28. The van der Waals surface area contributed by atoms with Crippen LogP contribution in [0.3, 0.4) is 0 Å². The number of nitrogens with zero attached hydrogens (tertiary/aromatic N) is 4. The van der Waals surface area contributed by atoms with E-state index in [1.807, 2.05) is 18.5 Å². The molecule has 2 aromatic rings. The van der Waals surface area contributed by atoms with Crippen molar-refractivity contribution in [3.05, 3.63) is 35.4 Å². The second-order valence-electron chi connectivity index (χ2n) is 6.81. The van der Waals surface area contributed by atoms with Crippen molar-refractivity contribution in [3.8, 4) is 0 Å². The van der Waals surface area contributed by atoms with Crippen molar-refractivity contribution in [1.29, 1.82) is 0 Å². The monoisotopic (exact) mass is 340 g/mol. The fourth-order valence-corrected chi connectivity index (χ4v) is 3.56. The molecular weight excluding hydrogens is 316 g/mol. The summed E-state index contributed by atoms with van der Waals surface area (Å²) in [6, 6.07) is 6.21. The number of hydrogen-bond acceptors (Lipinski definition) is 5. The Bertz CT molecular complexity index is 793. The number of hydrogen-bond donors (Lipinski definition) is 2. The first-order chi connectivity index (χ1) is 12.1. The van der Waals surface area contributed by atoms with Crippen LogP contribution >= 0.6 is 0 Å². The van der Waals surface area contributed by atoms with E-state index in [1.54, 1.807) is 0 Å². The summed E-state index contributed by atoms with van der Waals surface area (Å²) in [5.41, 5.74) is 1.66. The van der Waals surface area contributed by atoms with Crippen molar-refractivity contribution in [1.82, 2.24) is 19.9 Å². The van der Waals surface area contributed by atoms with E-state index in [4.69, 9.17) is 4.98 Å². The molecule has 25 heavy (non-hydrogen) atoms. The summed E-state index contributed by atoms with van der Waals surface area (Å²) < 4.78 is 1.81. The Hall–Kier alpha value is -2.57.